The van der Waals surface area contributed by atoms with Gasteiger partial charge in [-0.2, -0.15) is 0 Å². The third-order valence-electron chi connectivity index (χ3n) is 7.56. The minimum Gasteiger partial charge on any atom is -0.426 e. The van der Waals surface area contributed by atoms with E-state index in [0.717, 1.165) is 50.0 Å². The summed E-state index contributed by atoms with van der Waals surface area (Å²) in [6.45, 7) is 6.04. The van der Waals surface area contributed by atoms with Gasteiger partial charge in [0.05, 0.1) is 5.92 Å². The van der Waals surface area contributed by atoms with Gasteiger partial charge in [-0.3, -0.25) is 4.79 Å². The van der Waals surface area contributed by atoms with Gasteiger partial charge in [0.25, 0.3) is 0 Å². The number of carbonyl (C=O) groups excluding carboxylic acids is 1. The summed E-state index contributed by atoms with van der Waals surface area (Å²) in [6, 6.07) is 7.59. The van der Waals surface area contributed by atoms with Crippen molar-refractivity contribution in [3.05, 3.63) is 54.9 Å². The van der Waals surface area contributed by atoms with E-state index < -0.39 is 0 Å². The number of ether oxygens (including phenoxy) is 1. The highest BCUT2D eigenvalue weighted by atomic mass is 16.5. The largest absolute Gasteiger partial charge is 0.426 e. The Labute approximate surface area is 219 Å². The fourth-order valence-corrected chi connectivity index (χ4v) is 5.20. The highest BCUT2D eigenvalue weighted by Crippen LogP contribution is 2.33. The molecule has 0 spiro atoms. The molecule has 0 aliphatic heterocycles. The highest BCUT2D eigenvalue weighted by Gasteiger charge is 2.27. The first-order valence-electron chi connectivity index (χ1n) is 14.4. The second-order valence-electron chi connectivity index (χ2n) is 10.5. The number of hydrogen-bond acceptors (Lipinski definition) is 4. The van der Waals surface area contributed by atoms with E-state index in [9.17, 15) is 4.79 Å². The maximum atomic E-state index is 12.7. The molecule has 0 amide bonds. The van der Waals surface area contributed by atoms with Crippen LogP contribution in [-0.4, -0.2) is 15.9 Å². The van der Waals surface area contributed by atoms with Gasteiger partial charge in [0, 0.05) is 18.0 Å². The number of aromatic nitrogens is 2. The molecule has 2 aromatic rings. The number of allylic oxidation sites excluding steroid dienone is 1. The Balaban J connectivity index is 1.37. The van der Waals surface area contributed by atoms with Crippen molar-refractivity contribution in [1.82, 2.24) is 9.97 Å². The van der Waals surface area contributed by atoms with Gasteiger partial charge in [0.2, 0.25) is 0 Å². The van der Waals surface area contributed by atoms with Crippen molar-refractivity contribution in [2.24, 2.45) is 11.8 Å². The molecule has 0 N–H and O–H groups in total. The topological polar surface area (TPSA) is 52.1 Å². The molecule has 4 heteroatoms. The first-order valence-corrected chi connectivity index (χ1v) is 14.4. The van der Waals surface area contributed by atoms with Crippen LogP contribution in [0.3, 0.4) is 0 Å². The van der Waals surface area contributed by atoms with Gasteiger partial charge in [-0.05, 0) is 87.1 Å². The van der Waals surface area contributed by atoms with Crippen LogP contribution in [-0.2, 0) is 11.2 Å². The van der Waals surface area contributed by atoms with Gasteiger partial charge in [-0.15, -0.1) is 6.58 Å². The van der Waals surface area contributed by atoms with E-state index in [1.807, 2.05) is 42.7 Å². The van der Waals surface area contributed by atoms with E-state index in [0.29, 0.717) is 11.6 Å². The van der Waals surface area contributed by atoms with E-state index in [-0.39, 0.29) is 11.9 Å². The summed E-state index contributed by atoms with van der Waals surface area (Å²) in [4.78, 5) is 21.8. The zero-order valence-electron chi connectivity index (χ0n) is 22.4. The normalized spacial score (nSPS) is 17.6. The quantitative estimate of drug-likeness (QED) is 0.102. The standard InChI is InChI=1S/C32H46N2O2/c1-3-5-7-9-11-13-15-27-24-33-31(34-25-27)28-20-22-30(23-21-28)36-32(35)29-18-16-26(17-19-29)14-12-10-8-6-4-2/h4,20-26,29H,2-3,5-19H2,1H3. The predicted molar refractivity (Wildman–Crippen MR) is 149 cm³/mol. The van der Waals surface area contributed by atoms with Crippen LogP contribution >= 0.6 is 0 Å². The van der Waals surface area contributed by atoms with Gasteiger partial charge >= 0.3 is 5.97 Å². The Morgan fingerprint density at radius 1 is 0.917 bits per heavy atom. The molecule has 0 atom stereocenters. The Hall–Kier alpha value is -2.49. The monoisotopic (exact) mass is 490 g/mol. The second kappa shape index (κ2) is 16.3. The SMILES string of the molecule is C=CCCCCCC1CCC(C(=O)Oc2ccc(-c3ncc(CCCCCCCC)cn3)cc2)CC1. The lowest BCUT2D eigenvalue weighted by Gasteiger charge is -2.27. The molecule has 0 radical (unpaired) electrons. The minimum atomic E-state index is -0.0810. The molecule has 3 rings (SSSR count). The van der Waals surface area contributed by atoms with E-state index in [4.69, 9.17) is 4.74 Å². The maximum absolute atomic E-state index is 12.7. The Morgan fingerprint density at radius 2 is 1.58 bits per heavy atom. The van der Waals surface area contributed by atoms with E-state index >= 15 is 0 Å². The minimum absolute atomic E-state index is 0.0317. The maximum Gasteiger partial charge on any atom is 0.314 e. The van der Waals surface area contributed by atoms with E-state index in [2.05, 4.69) is 23.5 Å². The zero-order chi connectivity index (χ0) is 25.4. The van der Waals surface area contributed by atoms with Gasteiger partial charge < -0.3 is 4.74 Å². The highest BCUT2D eigenvalue weighted by molar-refractivity contribution is 5.75. The van der Waals surface area contributed by atoms with Crippen LogP contribution < -0.4 is 4.74 Å². The van der Waals surface area contributed by atoms with Crippen LogP contribution in [0.25, 0.3) is 11.4 Å². The summed E-state index contributed by atoms with van der Waals surface area (Å²) in [7, 11) is 0. The molecule has 1 aromatic carbocycles. The molecular formula is C32H46N2O2. The van der Waals surface area contributed by atoms with Crippen LogP contribution in [0.15, 0.2) is 49.3 Å². The van der Waals surface area contributed by atoms with Crippen LogP contribution in [0.4, 0.5) is 0 Å². The predicted octanol–water partition coefficient (Wildman–Crippen LogP) is 8.89. The summed E-state index contributed by atoms with van der Waals surface area (Å²) in [6.07, 6.45) is 25.2. The summed E-state index contributed by atoms with van der Waals surface area (Å²) < 4.78 is 5.71. The van der Waals surface area contributed by atoms with E-state index in [1.54, 1.807) is 0 Å². The van der Waals surface area contributed by atoms with Crippen molar-refractivity contribution < 1.29 is 9.53 Å². The third-order valence-corrected chi connectivity index (χ3v) is 7.56. The molecule has 196 valence electrons. The van der Waals surface area contributed by atoms with E-state index in [1.165, 1.54) is 69.8 Å². The summed E-state index contributed by atoms with van der Waals surface area (Å²) in [5, 5.41) is 0. The molecule has 0 saturated heterocycles. The second-order valence-corrected chi connectivity index (χ2v) is 10.5. The average Bonchev–Trinajstić information content (AvgIpc) is 2.92. The van der Waals surface area contributed by atoms with Crippen molar-refractivity contribution in [3.8, 4) is 17.1 Å². The molecule has 1 aliphatic carbocycles. The Kier molecular flexibility index (Phi) is 12.7. The van der Waals surface area contributed by atoms with Crippen LogP contribution in [0.2, 0.25) is 0 Å². The number of hydrogen-bond donors (Lipinski definition) is 0. The number of benzene rings is 1. The van der Waals surface area contributed by atoms with Gasteiger partial charge in [-0.25, -0.2) is 9.97 Å². The van der Waals surface area contributed by atoms with Gasteiger partial charge in [0.15, 0.2) is 5.82 Å². The van der Waals surface area contributed by atoms with Gasteiger partial charge in [-0.1, -0.05) is 64.4 Å². The molecule has 1 fully saturated rings. The smallest absolute Gasteiger partial charge is 0.314 e. The number of nitrogens with zero attached hydrogens (tertiary/aromatic N) is 2. The van der Waals surface area contributed by atoms with Crippen LogP contribution in [0.5, 0.6) is 5.75 Å². The number of unbranched alkanes of at least 4 members (excludes halogenated alkanes) is 8. The number of aryl methyl sites for hydroxylation is 1. The molecule has 0 unspecified atom stereocenters. The molecule has 1 saturated carbocycles. The molecule has 1 heterocycles. The first kappa shape index (κ1) is 28.1. The molecule has 0 bridgehead atoms. The van der Waals surface area contributed by atoms with Crippen LogP contribution in [0.1, 0.15) is 109 Å². The summed E-state index contributed by atoms with van der Waals surface area (Å²) >= 11 is 0. The number of carbonyl (C=O) groups is 1. The first-order chi connectivity index (χ1) is 17.7. The lowest BCUT2D eigenvalue weighted by Crippen LogP contribution is -2.25. The molecule has 36 heavy (non-hydrogen) atoms. The van der Waals surface area contributed by atoms with Crippen molar-refractivity contribution in [2.45, 2.75) is 110 Å². The lowest BCUT2D eigenvalue weighted by molar-refractivity contribution is -0.140. The number of esters is 1. The molecule has 1 aliphatic rings. The Bertz CT molecular complexity index is 883. The Morgan fingerprint density at radius 3 is 2.28 bits per heavy atom. The van der Waals surface area contributed by atoms with Crippen molar-refractivity contribution in [2.75, 3.05) is 0 Å². The molecule has 4 nitrogen and oxygen atoms in total. The fraction of sp³-hybridized carbons (Fsp3) is 0.594. The van der Waals surface area contributed by atoms with Crippen molar-refractivity contribution in [3.63, 3.8) is 0 Å². The van der Waals surface area contributed by atoms with Crippen molar-refractivity contribution in [1.29, 1.82) is 0 Å². The lowest BCUT2D eigenvalue weighted by atomic mass is 9.80. The summed E-state index contributed by atoms with van der Waals surface area (Å²) in [5.74, 6) is 2.04. The number of rotatable bonds is 16. The molecule has 1 aromatic heterocycles. The summed E-state index contributed by atoms with van der Waals surface area (Å²) in [5.41, 5.74) is 2.14. The fourth-order valence-electron chi connectivity index (χ4n) is 5.20. The molecular weight excluding hydrogens is 444 g/mol. The van der Waals surface area contributed by atoms with Crippen LogP contribution in [0, 0.1) is 11.8 Å². The average molecular weight is 491 g/mol. The third kappa shape index (κ3) is 9.87. The van der Waals surface area contributed by atoms with Gasteiger partial charge in [0.1, 0.15) is 5.75 Å². The van der Waals surface area contributed by atoms with Crippen molar-refractivity contribution >= 4 is 5.97 Å². The zero-order valence-corrected chi connectivity index (χ0v) is 22.4.